The fourth-order valence-electron chi connectivity index (χ4n) is 1.66. The van der Waals surface area contributed by atoms with Gasteiger partial charge in [-0.1, -0.05) is 25.7 Å². The quantitative estimate of drug-likeness (QED) is 0.524. The van der Waals surface area contributed by atoms with Gasteiger partial charge in [0.25, 0.3) is 5.09 Å². The molecule has 1 saturated carbocycles. The molecule has 1 aliphatic carbocycles. The van der Waals surface area contributed by atoms with E-state index in [0.29, 0.717) is 12.8 Å². The van der Waals surface area contributed by atoms with Crippen molar-refractivity contribution in [1.82, 2.24) is 0 Å². The summed E-state index contributed by atoms with van der Waals surface area (Å²) in [7, 11) is 0. The Morgan fingerprint density at radius 3 is 2.46 bits per heavy atom. The number of aliphatic hydroxyl groups is 1. The summed E-state index contributed by atoms with van der Waals surface area (Å²) in [6.45, 7) is 0. The Balaban J connectivity index is 2.41. The van der Waals surface area contributed by atoms with Gasteiger partial charge < -0.3 is 9.94 Å². The van der Waals surface area contributed by atoms with Crippen LogP contribution in [0.15, 0.2) is 0 Å². The minimum absolute atomic E-state index is 0.585. The zero-order valence-corrected chi connectivity index (χ0v) is 7.52. The molecule has 1 N–H and O–H groups in total. The van der Waals surface area contributed by atoms with Crippen molar-refractivity contribution in [1.29, 1.82) is 0 Å². The summed E-state index contributed by atoms with van der Waals surface area (Å²) in [5.41, 5.74) is 0. The molecule has 0 spiro atoms. The Bertz CT molecular complexity index is 174. The molecule has 0 amide bonds. The van der Waals surface area contributed by atoms with Crippen molar-refractivity contribution >= 4 is 0 Å². The Morgan fingerprint density at radius 1 is 1.23 bits per heavy atom. The van der Waals surface area contributed by atoms with E-state index in [1.54, 1.807) is 0 Å². The van der Waals surface area contributed by atoms with E-state index in [-0.39, 0.29) is 0 Å². The summed E-state index contributed by atoms with van der Waals surface area (Å²) in [5, 5.41) is 18.8. The highest BCUT2D eigenvalue weighted by Gasteiger charge is 2.23. The molecule has 1 rings (SSSR count). The van der Waals surface area contributed by atoms with Crippen molar-refractivity contribution in [3.05, 3.63) is 10.1 Å². The van der Waals surface area contributed by atoms with Crippen LogP contribution >= 0.6 is 0 Å². The van der Waals surface area contributed by atoms with E-state index in [1.165, 1.54) is 0 Å². The van der Waals surface area contributed by atoms with E-state index in [1.807, 2.05) is 0 Å². The van der Waals surface area contributed by atoms with Gasteiger partial charge in [-0.2, -0.15) is 0 Å². The van der Waals surface area contributed by atoms with Crippen LogP contribution in [0.4, 0.5) is 0 Å². The van der Waals surface area contributed by atoms with E-state index in [9.17, 15) is 15.2 Å². The van der Waals surface area contributed by atoms with Gasteiger partial charge >= 0.3 is 0 Å². The molecule has 0 saturated heterocycles. The van der Waals surface area contributed by atoms with Crippen LogP contribution in [0.1, 0.15) is 38.5 Å². The van der Waals surface area contributed by atoms with E-state index in [2.05, 4.69) is 4.84 Å². The third-order valence-electron chi connectivity index (χ3n) is 2.39. The van der Waals surface area contributed by atoms with Crippen molar-refractivity contribution < 1.29 is 15.0 Å². The molecule has 0 aromatic carbocycles. The summed E-state index contributed by atoms with van der Waals surface area (Å²) >= 11 is 0. The highest BCUT2D eigenvalue weighted by atomic mass is 17.0. The molecule has 0 heterocycles. The second-order valence-electron chi connectivity index (χ2n) is 3.43. The molecule has 2 atom stereocenters. The number of aliphatic hydroxyl groups excluding tert-OH is 1. The molecule has 0 bridgehead atoms. The van der Waals surface area contributed by atoms with Gasteiger partial charge in [-0.05, 0) is 12.8 Å². The van der Waals surface area contributed by atoms with Gasteiger partial charge in [0, 0.05) is 0 Å². The van der Waals surface area contributed by atoms with Gasteiger partial charge in [0.05, 0.1) is 6.10 Å². The fraction of sp³-hybridized carbons (Fsp3) is 1.00. The molecule has 0 aromatic heterocycles. The van der Waals surface area contributed by atoms with E-state index < -0.39 is 17.3 Å². The molecule has 0 radical (unpaired) electrons. The molecule has 13 heavy (non-hydrogen) atoms. The molecule has 5 nitrogen and oxygen atoms in total. The molecule has 1 fully saturated rings. The molecule has 0 aromatic rings. The van der Waals surface area contributed by atoms with E-state index in [0.717, 1.165) is 25.7 Å². The van der Waals surface area contributed by atoms with Crippen LogP contribution in [-0.4, -0.2) is 22.4 Å². The first-order valence-electron chi connectivity index (χ1n) is 4.69. The summed E-state index contributed by atoms with van der Waals surface area (Å²) in [4.78, 5) is 14.5. The Labute approximate surface area is 76.8 Å². The average Bonchev–Trinajstić information content (AvgIpc) is 2.04. The smallest absolute Gasteiger partial charge is 0.294 e. The van der Waals surface area contributed by atoms with E-state index >= 15 is 0 Å². The zero-order valence-electron chi connectivity index (χ0n) is 7.52. The molecule has 0 unspecified atom stereocenters. The minimum Gasteiger partial charge on any atom is -0.391 e. The zero-order chi connectivity index (χ0) is 9.68. The van der Waals surface area contributed by atoms with Crippen LogP contribution in [-0.2, 0) is 4.84 Å². The normalized spacial score (nSPS) is 30.2. The first-order valence-corrected chi connectivity index (χ1v) is 4.69. The highest BCUT2D eigenvalue weighted by Crippen LogP contribution is 2.19. The molecule has 76 valence electrons. The Hall–Kier alpha value is -0.840. The standard InChI is InChI=1S/C8H15NO4/c10-7-5-3-1-2-4-6-8(7)13-9(11)12/h7-8,10H,1-6H2/t7-,8-/m1/s1. The largest absolute Gasteiger partial charge is 0.391 e. The Kier molecular flexibility index (Phi) is 3.95. The highest BCUT2D eigenvalue weighted by molar-refractivity contribution is 4.70. The molecular formula is C8H15NO4. The maximum absolute atomic E-state index is 10.1. The molecule has 1 aliphatic rings. The summed E-state index contributed by atoms with van der Waals surface area (Å²) < 4.78 is 0. The predicted octanol–water partition coefficient (Wildman–Crippen LogP) is 1.28. The fourth-order valence-corrected chi connectivity index (χ4v) is 1.66. The molecular weight excluding hydrogens is 174 g/mol. The number of hydrogen-bond acceptors (Lipinski definition) is 4. The lowest BCUT2D eigenvalue weighted by Gasteiger charge is -2.22. The van der Waals surface area contributed by atoms with Crippen molar-refractivity contribution in [2.24, 2.45) is 0 Å². The summed E-state index contributed by atoms with van der Waals surface area (Å²) in [6.07, 6.45) is 3.91. The third-order valence-corrected chi connectivity index (χ3v) is 2.39. The van der Waals surface area contributed by atoms with Gasteiger partial charge in [0.2, 0.25) is 0 Å². The lowest BCUT2D eigenvalue weighted by Crippen LogP contribution is -2.31. The van der Waals surface area contributed by atoms with Crippen molar-refractivity contribution in [3.63, 3.8) is 0 Å². The monoisotopic (exact) mass is 189 g/mol. The third kappa shape index (κ3) is 3.59. The van der Waals surface area contributed by atoms with Crippen molar-refractivity contribution in [2.45, 2.75) is 50.7 Å². The summed E-state index contributed by atoms with van der Waals surface area (Å²) in [6, 6.07) is 0. The average molecular weight is 189 g/mol. The van der Waals surface area contributed by atoms with Gasteiger partial charge in [0.1, 0.15) is 6.10 Å². The molecule has 5 heteroatoms. The van der Waals surface area contributed by atoms with Crippen molar-refractivity contribution in [2.75, 3.05) is 0 Å². The maximum Gasteiger partial charge on any atom is 0.294 e. The van der Waals surface area contributed by atoms with Gasteiger partial charge in [-0.15, -0.1) is 10.1 Å². The molecule has 0 aliphatic heterocycles. The lowest BCUT2D eigenvalue weighted by atomic mass is 9.96. The number of rotatable bonds is 2. The number of hydrogen-bond donors (Lipinski definition) is 1. The number of nitrogens with zero attached hydrogens (tertiary/aromatic N) is 1. The second kappa shape index (κ2) is 5.01. The lowest BCUT2D eigenvalue weighted by molar-refractivity contribution is -0.771. The maximum atomic E-state index is 10.1. The van der Waals surface area contributed by atoms with Crippen LogP contribution in [0.5, 0.6) is 0 Å². The van der Waals surface area contributed by atoms with E-state index in [4.69, 9.17) is 0 Å². The second-order valence-corrected chi connectivity index (χ2v) is 3.43. The van der Waals surface area contributed by atoms with Crippen LogP contribution in [0, 0.1) is 10.1 Å². The van der Waals surface area contributed by atoms with Gasteiger partial charge in [-0.25, -0.2) is 0 Å². The van der Waals surface area contributed by atoms with Crippen LogP contribution in [0.2, 0.25) is 0 Å². The van der Waals surface area contributed by atoms with Gasteiger partial charge in [-0.3, -0.25) is 0 Å². The first kappa shape index (κ1) is 10.2. The first-order chi connectivity index (χ1) is 6.20. The van der Waals surface area contributed by atoms with Crippen LogP contribution in [0.3, 0.4) is 0 Å². The topological polar surface area (TPSA) is 72.6 Å². The summed E-state index contributed by atoms with van der Waals surface area (Å²) in [5.74, 6) is 0. The van der Waals surface area contributed by atoms with Crippen molar-refractivity contribution in [3.8, 4) is 0 Å². The van der Waals surface area contributed by atoms with Gasteiger partial charge in [0.15, 0.2) is 0 Å². The van der Waals surface area contributed by atoms with Crippen LogP contribution in [0.25, 0.3) is 0 Å². The van der Waals surface area contributed by atoms with Crippen LogP contribution < -0.4 is 0 Å². The SMILES string of the molecule is O=[N+]([O-])O[C@@H]1CCCCCC[C@H]1O. The minimum atomic E-state index is -0.810. The Morgan fingerprint density at radius 2 is 1.85 bits per heavy atom. The predicted molar refractivity (Wildman–Crippen MR) is 45.6 cm³/mol.